The minimum Gasteiger partial charge on any atom is -0.486 e. The van der Waals surface area contributed by atoms with Gasteiger partial charge in [0, 0.05) is 12.7 Å². The Morgan fingerprint density at radius 2 is 1.74 bits per heavy atom. The molecule has 0 unspecified atom stereocenters. The maximum atomic E-state index is 12.4. The number of rotatable bonds is 8. The van der Waals surface area contributed by atoms with Crippen LogP contribution >= 0.6 is 0 Å². The minimum absolute atomic E-state index is 0.0156. The van der Waals surface area contributed by atoms with Crippen LogP contribution in [0.5, 0.6) is 5.75 Å². The third-order valence-electron chi connectivity index (χ3n) is 6.29. The molecule has 0 radical (unpaired) electrons. The van der Waals surface area contributed by atoms with E-state index in [9.17, 15) is 4.79 Å². The second-order valence-corrected chi connectivity index (χ2v) is 8.71. The largest absolute Gasteiger partial charge is 0.486 e. The summed E-state index contributed by atoms with van der Waals surface area (Å²) in [6, 6.07) is 23.6. The van der Waals surface area contributed by atoms with Gasteiger partial charge in [-0.1, -0.05) is 36.4 Å². The van der Waals surface area contributed by atoms with Crippen molar-refractivity contribution in [3.8, 4) is 5.75 Å². The number of carbonyl (C=O) groups is 1. The number of aromatic nitrogens is 3. The Morgan fingerprint density at radius 3 is 2.53 bits per heavy atom. The Kier molecular flexibility index (Phi) is 6.81. The number of hydrogen-bond donors (Lipinski definition) is 1. The molecule has 0 aliphatic carbocycles. The van der Waals surface area contributed by atoms with Crippen molar-refractivity contribution in [2.45, 2.75) is 26.0 Å². The van der Waals surface area contributed by atoms with Crippen molar-refractivity contribution in [1.29, 1.82) is 0 Å². The number of para-hydroxylation sites is 3. The van der Waals surface area contributed by atoms with Crippen LogP contribution in [0.2, 0.25) is 0 Å². The minimum atomic E-state index is -0.0156. The fourth-order valence-corrected chi connectivity index (χ4v) is 4.51. The summed E-state index contributed by atoms with van der Waals surface area (Å²) in [5.74, 6) is 2.90. The zero-order valence-corrected chi connectivity index (χ0v) is 19.1. The van der Waals surface area contributed by atoms with E-state index in [1.807, 2.05) is 48.5 Å². The van der Waals surface area contributed by atoms with Gasteiger partial charge in [-0.2, -0.15) is 0 Å². The van der Waals surface area contributed by atoms with E-state index in [1.165, 1.54) is 0 Å². The Hall–Kier alpha value is -3.71. The molecular weight excluding hydrogens is 426 g/mol. The number of amides is 1. The number of piperidine rings is 1. The number of imidazole rings is 1. The standard InChI is InChI=1S/C27H29N5O2/c33-27(30-25-12-6-7-15-28-25)19-31-16-13-21(14-17-31)18-32-24-11-5-4-10-23(24)29-26(32)20-34-22-8-2-1-3-9-22/h1-12,15,21H,13-14,16-20H2,(H,28,30,33). The SMILES string of the molecule is O=C(CN1CCC(Cn2c(COc3ccccc3)nc3ccccc32)CC1)Nc1ccccn1. The van der Waals surface area contributed by atoms with Crippen molar-refractivity contribution in [1.82, 2.24) is 19.4 Å². The van der Waals surface area contributed by atoms with E-state index in [2.05, 4.69) is 38.0 Å². The van der Waals surface area contributed by atoms with Gasteiger partial charge in [0.05, 0.1) is 17.6 Å². The number of nitrogens with one attached hydrogen (secondary N) is 1. The number of hydrogen-bond acceptors (Lipinski definition) is 5. The monoisotopic (exact) mass is 455 g/mol. The Bertz CT molecular complexity index is 1220. The molecule has 1 fully saturated rings. The zero-order valence-electron chi connectivity index (χ0n) is 19.1. The third-order valence-corrected chi connectivity index (χ3v) is 6.29. The number of nitrogens with zero attached hydrogens (tertiary/aromatic N) is 4. The van der Waals surface area contributed by atoms with Crippen LogP contribution < -0.4 is 10.1 Å². The molecule has 0 spiro atoms. The lowest BCUT2D eigenvalue weighted by Gasteiger charge is -2.32. The van der Waals surface area contributed by atoms with Crippen LogP contribution in [-0.2, 0) is 17.9 Å². The smallest absolute Gasteiger partial charge is 0.239 e. The summed E-state index contributed by atoms with van der Waals surface area (Å²) in [7, 11) is 0. The topological polar surface area (TPSA) is 72.3 Å². The summed E-state index contributed by atoms with van der Waals surface area (Å²) in [4.78, 5) is 23.6. The molecule has 174 valence electrons. The fourth-order valence-electron chi connectivity index (χ4n) is 4.51. The van der Waals surface area contributed by atoms with Gasteiger partial charge in [0.25, 0.3) is 0 Å². The Labute approximate surface area is 199 Å². The normalized spacial score (nSPS) is 14.8. The van der Waals surface area contributed by atoms with E-state index in [4.69, 9.17) is 9.72 Å². The maximum absolute atomic E-state index is 12.4. The highest BCUT2D eigenvalue weighted by molar-refractivity contribution is 5.91. The highest BCUT2D eigenvalue weighted by Crippen LogP contribution is 2.24. The number of fused-ring (bicyclic) bond motifs is 1. The van der Waals surface area contributed by atoms with Crippen LogP contribution in [0.1, 0.15) is 18.7 Å². The van der Waals surface area contributed by atoms with E-state index in [-0.39, 0.29) is 5.91 Å². The molecule has 2 aromatic carbocycles. The van der Waals surface area contributed by atoms with Crippen molar-refractivity contribution >= 4 is 22.8 Å². The summed E-state index contributed by atoms with van der Waals surface area (Å²) in [6.07, 6.45) is 3.77. The zero-order chi connectivity index (χ0) is 23.2. The predicted octanol–water partition coefficient (Wildman–Crippen LogP) is 4.36. The number of carbonyl (C=O) groups excluding carboxylic acids is 1. The molecule has 34 heavy (non-hydrogen) atoms. The average Bonchev–Trinajstić information content (AvgIpc) is 3.22. The predicted molar refractivity (Wildman–Crippen MR) is 133 cm³/mol. The Balaban J connectivity index is 1.19. The number of benzene rings is 2. The van der Waals surface area contributed by atoms with Crippen molar-refractivity contribution in [3.05, 3.63) is 84.8 Å². The van der Waals surface area contributed by atoms with Crippen molar-refractivity contribution in [2.75, 3.05) is 25.0 Å². The number of anilines is 1. The quantitative estimate of drug-likeness (QED) is 0.427. The molecule has 0 atom stereocenters. The molecule has 0 saturated carbocycles. The lowest BCUT2D eigenvalue weighted by molar-refractivity contribution is -0.117. The molecular formula is C27H29N5O2. The van der Waals surface area contributed by atoms with Gasteiger partial charge in [0.2, 0.25) is 5.91 Å². The fraction of sp³-hybridized carbons (Fsp3) is 0.296. The average molecular weight is 456 g/mol. The van der Waals surface area contributed by atoms with Crippen LogP contribution in [0.4, 0.5) is 5.82 Å². The second-order valence-electron chi connectivity index (χ2n) is 8.71. The molecule has 5 rings (SSSR count). The molecule has 7 heteroatoms. The van der Waals surface area contributed by atoms with E-state index < -0.39 is 0 Å². The van der Waals surface area contributed by atoms with Gasteiger partial charge >= 0.3 is 0 Å². The first-order valence-corrected chi connectivity index (χ1v) is 11.8. The van der Waals surface area contributed by atoms with Gasteiger partial charge in [-0.3, -0.25) is 9.69 Å². The van der Waals surface area contributed by atoms with Crippen molar-refractivity contribution < 1.29 is 9.53 Å². The second kappa shape index (κ2) is 10.5. The van der Waals surface area contributed by atoms with Gasteiger partial charge < -0.3 is 14.6 Å². The van der Waals surface area contributed by atoms with Crippen LogP contribution in [0.3, 0.4) is 0 Å². The number of ether oxygens (including phenoxy) is 1. The van der Waals surface area contributed by atoms with Crippen LogP contribution in [0.15, 0.2) is 79.0 Å². The van der Waals surface area contributed by atoms with E-state index >= 15 is 0 Å². The number of likely N-dealkylation sites (tertiary alicyclic amines) is 1. The first-order valence-electron chi connectivity index (χ1n) is 11.8. The lowest BCUT2D eigenvalue weighted by atomic mass is 9.96. The van der Waals surface area contributed by atoms with Crippen LogP contribution in [0.25, 0.3) is 11.0 Å². The molecule has 4 aromatic rings. The van der Waals surface area contributed by atoms with Gasteiger partial charge in [-0.25, -0.2) is 9.97 Å². The molecule has 3 heterocycles. The molecule has 1 aliphatic heterocycles. The van der Waals surface area contributed by atoms with Crippen molar-refractivity contribution in [2.24, 2.45) is 5.92 Å². The summed E-state index contributed by atoms with van der Waals surface area (Å²) in [5, 5.41) is 2.87. The summed E-state index contributed by atoms with van der Waals surface area (Å²) in [5.41, 5.74) is 2.14. The molecule has 7 nitrogen and oxygen atoms in total. The maximum Gasteiger partial charge on any atom is 0.239 e. The molecule has 1 aliphatic rings. The van der Waals surface area contributed by atoms with Crippen molar-refractivity contribution in [3.63, 3.8) is 0 Å². The lowest BCUT2D eigenvalue weighted by Crippen LogP contribution is -2.40. The molecule has 1 N–H and O–H groups in total. The van der Waals surface area contributed by atoms with Crippen LogP contribution in [-0.4, -0.2) is 45.0 Å². The molecule has 2 aromatic heterocycles. The highest BCUT2D eigenvalue weighted by atomic mass is 16.5. The summed E-state index contributed by atoms with van der Waals surface area (Å²) >= 11 is 0. The molecule has 0 bridgehead atoms. The van der Waals surface area contributed by atoms with Gasteiger partial charge in [0.1, 0.15) is 24.0 Å². The third kappa shape index (κ3) is 5.43. The van der Waals surface area contributed by atoms with Crippen LogP contribution in [0, 0.1) is 5.92 Å². The number of pyridine rings is 1. The molecule has 1 amide bonds. The van der Waals surface area contributed by atoms with E-state index in [1.54, 1.807) is 12.3 Å². The van der Waals surface area contributed by atoms with Gasteiger partial charge in [0.15, 0.2) is 0 Å². The molecule has 1 saturated heterocycles. The highest BCUT2D eigenvalue weighted by Gasteiger charge is 2.23. The van der Waals surface area contributed by atoms with Gasteiger partial charge in [-0.15, -0.1) is 0 Å². The first kappa shape index (κ1) is 22.1. The Morgan fingerprint density at radius 1 is 0.971 bits per heavy atom. The first-order chi connectivity index (χ1) is 16.7. The summed E-state index contributed by atoms with van der Waals surface area (Å²) < 4.78 is 8.33. The van der Waals surface area contributed by atoms with Gasteiger partial charge in [-0.05, 0) is 68.2 Å². The summed E-state index contributed by atoms with van der Waals surface area (Å²) in [6.45, 7) is 3.55. The van der Waals surface area contributed by atoms with E-state index in [0.29, 0.717) is 24.9 Å². The van der Waals surface area contributed by atoms with E-state index in [0.717, 1.165) is 55.1 Å².